The molecule has 134 valence electrons. The number of carboxylic acid groups (broad SMARTS) is 2. The second-order valence-corrected chi connectivity index (χ2v) is 7.12. The summed E-state index contributed by atoms with van der Waals surface area (Å²) in [5.74, 6) is -2.36. The first-order valence-electron chi connectivity index (χ1n) is 7.42. The van der Waals surface area contributed by atoms with E-state index in [2.05, 4.69) is 21.0 Å². The average molecular weight is 437 g/mol. The Bertz CT molecular complexity index is 951. The predicted molar refractivity (Wildman–Crippen MR) is 98.9 cm³/mol. The van der Waals surface area contributed by atoms with Gasteiger partial charge in [0, 0.05) is 11.8 Å². The van der Waals surface area contributed by atoms with Crippen molar-refractivity contribution < 1.29 is 24.5 Å². The summed E-state index contributed by atoms with van der Waals surface area (Å²) in [6.07, 6.45) is 3.43. The molecule has 0 saturated heterocycles. The molecular weight excluding hydrogens is 424 g/mol. The van der Waals surface area contributed by atoms with E-state index in [0.717, 1.165) is 16.9 Å². The zero-order valence-electron chi connectivity index (χ0n) is 13.3. The van der Waals surface area contributed by atoms with Crippen LogP contribution in [0.25, 0.3) is 10.4 Å². The van der Waals surface area contributed by atoms with Crippen LogP contribution in [0.4, 0.5) is 0 Å². The molecule has 9 heteroatoms. The molecule has 1 aromatic carbocycles. The molecule has 0 saturated carbocycles. The van der Waals surface area contributed by atoms with Gasteiger partial charge in [-0.05, 0) is 21.5 Å². The van der Waals surface area contributed by atoms with E-state index >= 15 is 0 Å². The summed E-state index contributed by atoms with van der Waals surface area (Å²) >= 11 is 4.33. The summed E-state index contributed by atoms with van der Waals surface area (Å²) in [6.45, 7) is -0.0414. The number of ether oxygens (including phenoxy) is 1. The molecule has 0 spiro atoms. The SMILES string of the molecule is O=C(O)COc1c(C(=O)O)sc(-c2cnn(Cc3ccccc3)c2)c1Br. The number of carbonyl (C=O) groups is 2. The molecule has 0 aliphatic heterocycles. The molecule has 2 heterocycles. The Hall–Kier alpha value is -2.65. The van der Waals surface area contributed by atoms with E-state index in [4.69, 9.17) is 9.84 Å². The third kappa shape index (κ3) is 3.94. The minimum Gasteiger partial charge on any atom is -0.479 e. The molecule has 2 N–H and O–H groups in total. The number of benzene rings is 1. The summed E-state index contributed by atoms with van der Waals surface area (Å²) in [4.78, 5) is 22.7. The van der Waals surface area contributed by atoms with Crippen LogP contribution in [-0.4, -0.2) is 38.5 Å². The summed E-state index contributed by atoms with van der Waals surface area (Å²) in [5, 5.41) is 22.4. The lowest BCUT2D eigenvalue weighted by molar-refractivity contribution is -0.139. The van der Waals surface area contributed by atoms with E-state index < -0.39 is 18.5 Å². The molecule has 3 rings (SSSR count). The molecule has 0 bridgehead atoms. The maximum absolute atomic E-state index is 11.5. The Balaban J connectivity index is 1.90. The van der Waals surface area contributed by atoms with Crippen LogP contribution in [0, 0.1) is 0 Å². The van der Waals surface area contributed by atoms with Crippen LogP contribution in [0.5, 0.6) is 5.75 Å². The minimum absolute atomic E-state index is 0.00992. The molecule has 7 nitrogen and oxygen atoms in total. The highest BCUT2D eigenvalue weighted by Crippen LogP contribution is 2.45. The van der Waals surface area contributed by atoms with Crippen LogP contribution in [0.3, 0.4) is 0 Å². The molecule has 0 aliphatic rings. The quantitative estimate of drug-likeness (QED) is 0.586. The lowest BCUT2D eigenvalue weighted by Gasteiger charge is -2.03. The van der Waals surface area contributed by atoms with Crippen molar-refractivity contribution in [2.24, 2.45) is 0 Å². The van der Waals surface area contributed by atoms with Crippen molar-refractivity contribution in [1.29, 1.82) is 0 Å². The topological polar surface area (TPSA) is 102 Å². The highest BCUT2D eigenvalue weighted by atomic mass is 79.9. The second-order valence-electron chi connectivity index (χ2n) is 5.30. The molecule has 2 aromatic heterocycles. The molecule has 0 aliphatic carbocycles. The smallest absolute Gasteiger partial charge is 0.349 e. The zero-order valence-corrected chi connectivity index (χ0v) is 15.7. The van der Waals surface area contributed by atoms with Gasteiger partial charge in [-0.1, -0.05) is 30.3 Å². The highest BCUT2D eigenvalue weighted by Gasteiger charge is 2.25. The number of aliphatic carboxylic acids is 1. The molecule has 0 amide bonds. The van der Waals surface area contributed by atoms with Gasteiger partial charge in [-0.3, -0.25) is 4.68 Å². The van der Waals surface area contributed by atoms with Crippen LogP contribution in [-0.2, 0) is 11.3 Å². The molecule has 0 atom stereocenters. The lowest BCUT2D eigenvalue weighted by Crippen LogP contribution is -2.11. The van der Waals surface area contributed by atoms with E-state index in [1.807, 2.05) is 30.3 Å². The van der Waals surface area contributed by atoms with Crippen molar-refractivity contribution in [2.45, 2.75) is 6.54 Å². The summed E-state index contributed by atoms with van der Waals surface area (Å²) in [6, 6.07) is 9.81. The molecule has 0 radical (unpaired) electrons. The fourth-order valence-corrected chi connectivity index (χ4v) is 4.19. The standard InChI is InChI=1S/C17H13BrN2O5S/c18-13-14(25-9-12(21)22)16(17(23)24)26-15(13)11-6-19-20(8-11)7-10-4-2-1-3-5-10/h1-6,8H,7,9H2,(H,21,22)(H,23,24). The highest BCUT2D eigenvalue weighted by molar-refractivity contribution is 9.10. The number of thiophene rings is 1. The molecular formula is C17H13BrN2O5S. The first kappa shape index (κ1) is 18.2. The number of hydrogen-bond acceptors (Lipinski definition) is 5. The van der Waals surface area contributed by atoms with E-state index in [-0.39, 0.29) is 10.6 Å². The third-order valence-corrected chi connectivity index (χ3v) is 5.65. The van der Waals surface area contributed by atoms with Gasteiger partial charge in [0.25, 0.3) is 0 Å². The number of aromatic nitrogens is 2. The van der Waals surface area contributed by atoms with Crippen LogP contribution in [0.2, 0.25) is 0 Å². The Kier molecular flexibility index (Phi) is 5.38. The van der Waals surface area contributed by atoms with E-state index in [0.29, 0.717) is 21.5 Å². The molecule has 26 heavy (non-hydrogen) atoms. The van der Waals surface area contributed by atoms with Gasteiger partial charge >= 0.3 is 11.9 Å². The van der Waals surface area contributed by atoms with Crippen molar-refractivity contribution in [3.63, 3.8) is 0 Å². The monoisotopic (exact) mass is 436 g/mol. The van der Waals surface area contributed by atoms with E-state index in [1.165, 1.54) is 0 Å². The van der Waals surface area contributed by atoms with E-state index in [1.54, 1.807) is 17.1 Å². The molecule has 3 aromatic rings. The summed E-state index contributed by atoms with van der Waals surface area (Å²) < 4.78 is 7.30. The van der Waals surface area contributed by atoms with Crippen molar-refractivity contribution in [3.8, 4) is 16.2 Å². The fraction of sp³-hybridized carbons (Fsp3) is 0.118. The maximum Gasteiger partial charge on any atom is 0.349 e. The van der Waals surface area contributed by atoms with Crippen molar-refractivity contribution in [3.05, 3.63) is 57.6 Å². The lowest BCUT2D eigenvalue weighted by atomic mass is 10.2. The predicted octanol–water partition coefficient (Wildman–Crippen LogP) is 3.58. The van der Waals surface area contributed by atoms with Crippen LogP contribution in [0.1, 0.15) is 15.2 Å². The number of nitrogens with zero attached hydrogens (tertiary/aromatic N) is 2. The van der Waals surface area contributed by atoms with Gasteiger partial charge in [-0.15, -0.1) is 11.3 Å². The average Bonchev–Trinajstić information content (AvgIpc) is 3.18. The number of rotatable bonds is 7. The Morgan fingerprint density at radius 3 is 2.62 bits per heavy atom. The molecule has 0 fully saturated rings. The summed E-state index contributed by atoms with van der Waals surface area (Å²) in [7, 11) is 0. The number of hydrogen-bond donors (Lipinski definition) is 2. The maximum atomic E-state index is 11.5. The largest absolute Gasteiger partial charge is 0.479 e. The third-order valence-electron chi connectivity index (χ3n) is 3.43. The van der Waals surface area contributed by atoms with Gasteiger partial charge in [-0.2, -0.15) is 5.10 Å². The number of aromatic carboxylic acids is 1. The fourth-order valence-electron chi connectivity index (χ4n) is 2.32. The van der Waals surface area contributed by atoms with Crippen molar-refractivity contribution in [1.82, 2.24) is 9.78 Å². The van der Waals surface area contributed by atoms with Gasteiger partial charge in [0.15, 0.2) is 17.2 Å². The zero-order chi connectivity index (χ0) is 18.7. The van der Waals surface area contributed by atoms with Crippen molar-refractivity contribution >= 4 is 39.2 Å². The van der Waals surface area contributed by atoms with Gasteiger partial charge in [0.1, 0.15) is 0 Å². The van der Waals surface area contributed by atoms with E-state index in [9.17, 15) is 14.7 Å². The second kappa shape index (κ2) is 7.71. The van der Waals surface area contributed by atoms with Crippen LogP contribution >= 0.6 is 27.3 Å². The minimum atomic E-state index is -1.18. The Morgan fingerprint density at radius 1 is 1.23 bits per heavy atom. The Labute approximate surface area is 160 Å². The number of carboxylic acids is 2. The van der Waals surface area contributed by atoms with Crippen molar-refractivity contribution in [2.75, 3.05) is 6.61 Å². The normalized spacial score (nSPS) is 10.7. The van der Waals surface area contributed by atoms with Gasteiger partial charge < -0.3 is 14.9 Å². The summed E-state index contributed by atoms with van der Waals surface area (Å²) in [5.41, 5.74) is 1.80. The molecule has 0 unspecified atom stereocenters. The van der Waals surface area contributed by atoms with Gasteiger partial charge in [0.2, 0.25) is 0 Å². The Morgan fingerprint density at radius 2 is 1.96 bits per heavy atom. The van der Waals surface area contributed by atoms with Gasteiger partial charge in [-0.25, -0.2) is 9.59 Å². The van der Waals surface area contributed by atoms with Crippen LogP contribution in [0.15, 0.2) is 47.2 Å². The first-order valence-corrected chi connectivity index (χ1v) is 9.03. The van der Waals surface area contributed by atoms with Gasteiger partial charge in [0.05, 0.1) is 22.1 Å². The number of halogens is 1. The first-order chi connectivity index (χ1) is 12.5. The van der Waals surface area contributed by atoms with Crippen LogP contribution < -0.4 is 4.74 Å².